The van der Waals surface area contributed by atoms with Crippen LogP contribution in [0.2, 0.25) is 0 Å². The highest BCUT2D eigenvalue weighted by Crippen LogP contribution is 2.58. The first-order chi connectivity index (χ1) is 26.4. The van der Waals surface area contributed by atoms with E-state index in [1.54, 1.807) is 38.8 Å². The van der Waals surface area contributed by atoms with Crippen LogP contribution in [0.3, 0.4) is 0 Å². The zero-order valence-electron chi connectivity index (χ0n) is 34.0. The predicted octanol–water partition coefficient (Wildman–Crippen LogP) is 6.70. The fourth-order valence-corrected chi connectivity index (χ4v) is 9.87. The molecular weight excluding hydrogens is 735 g/mol. The van der Waals surface area contributed by atoms with Crippen molar-refractivity contribution in [3.05, 3.63) is 42.6 Å². The van der Waals surface area contributed by atoms with Crippen LogP contribution in [0.1, 0.15) is 113 Å². The maximum atomic E-state index is 15.0. The lowest BCUT2D eigenvalue weighted by atomic mass is 9.79. The molecule has 3 heterocycles. The van der Waals surface area contributed by atoms with Gasteiger partial charge in [0.05, 0.1) is 41.7 Å². The number of carbonyl (C=O) groups is 4. The number of carbonyl (C=O) groups excluding carboxylic acids is 4. The molecule has 2 aromatic rings. The molecule has 56 heavy (non-hydrogen) atoms. The van der Waals surface area contributed by atoms with Crippen LogP contribution in [0.25, 0.3) is 10.8 Å². The normalized spacial score (nSPS) is 29.9. The van der Waals surface area contributed by atoms with Gasteiger partial charge < -0.3 is 19.1 Å². The fraction of sp³-hybridized carbons (Fsp3) is 0.651. The second-order valence-corrected chi connectivity index (χ2v) is 20.0. The minimum Gasteiger partial charge on any atom is -0.494 e. The lowest BCUT2D eigenvalue weighted by Crippen LogP contribution is -2.48. The van der Waals surface area contributed by atoms with Crippen molar-refractivity contribution in [2.75, 3.05) is 13.2 Å². The Kier molecular flexibility index (Phi) is 12.0. The Morgan fingerprint density at radius 1 is 1.09 bits per heavy atom. The van der Waals surface area contributed by atoms with Crippen LogP contribution in [0.4, 0.5) is 0 Å². The molecular formula is C43H59N3O9S. The number of rotatable bonds is 10. The fourth-order valence-electron chi connectivity index (χ4n) is 8.54. The van der Waals surface area contributed by atoms with Gasteiger partial charge in [-0.25, -0.2) is 13.4 Å². The molecule has 0 radical (unpaired) electrons. The monoisotopic (exact) mass is 793 g/mol. The summed E-state index contributed by atoms with van der Waals surface area (Å²) in [4.78, 5) is 63.3. The van der Waals surface area contributed by atoms with Crippen molar-refractivity contribution in [2.24, 2.45) is 29.1 Å². The highest BCUT2D eigenvalue weighted by atomic mass is 32.2. The van der Waals surface area contributed by atoms with E-state index in [1.165, 1.54) is 0 Å². The third-order valence-electron chi connectivity index (χ3n) is 12.2. The van der Waals surface area contributed by atoms with Gasteiger partial charge in [0, 0.05) is 24.4 Å². The summed E-state index contributed by atoms with van der Waals surface area (Å²) in [5.74, 6) is -1.78. The molecule has 0 unspecified atom stereocenters. The molecule has 1 N–H and O–H groups in total. The van der Waals surface area contributed by atoms with E-state index < -0.39 is 55.7 Å². The molecule has 7 atom stereocenters. The topological polar surface area (TPSA) is 158 Å². The molecule has 0 bridgehead atoms. The van der Waals surface area contributed by atoms with Crippen molar-refractivity contribution in [3.63, 3.8) is 0 Å². The number of allylic oxidation sites excluding steroid dienone is 2. The average molecular weight is 794 g/mol. The molecule has 3 fully saturated rings. The van der Waals surface area contributed by atoms with Crippen molar-refractivity contribution in [2.45, 2.75) is 135 Å². The number of fused-ring (bicyclic) bond motifs is 3. The number of ketones is 1. The predicted molar refractivity (Wildman–Crippen MR) is 212 cm³/mol. The summed E-state index contributed by atoms with van der Waals surface area (Å²) in [6.07, 6.45) is 8.91. The largest absolute Gasteiger partial charge is 0.494 e. The molecule has 2 amide bonds. The van der Waals surface area contributed by atoms with Crippen LogP contribution >= 0.6 is 0 Å². The van der Waals surface area contributed by atoms with E-state index >= 15 is 4.79 Å². The van der Waals surface area contributed by atoms with Gasteiger partial charge in [0.2, 0.25) is 27.7 Å². The number of nitrogens with one attached hydrogen (secondary N) is 1. The summed E-state index contributed by atoms with van der Waals surface area (Å²) < 4.78 is 45.8. The zero-order chi connectivity index (χ0) is 40.6. The molecule has 1 saturated heterocycles. The first-order valence-electron chi connectivity index (χ1n) is 20.4. The Balaban J connectivity index is 1.36. The van der Waals surface area contributed by atoms with Gasteiger partial charge >= 0.3 is 5.97 Å². The second-order valence-electron chi connectivity index (χ2n) is 17.8. The van der Waals surface area contributed by atoms with Gasteiger partial charge in [-0.3, -0.25) is 23.9 Å². The second kappa shape index (κ2) is 16.1. The molecule has 13 heteroatoms. The molecule has 1 aromatic heterocycles. The van der Waals surface area contributed by atoms with E-state index in [1.807, 2.05) is 50.3 Å². The minimum absolute atomic E-state index is 0.0659. The molecule has 2 aliphatic heterocycles. The smallest absolute Gasteiger partial charge is 0.307 e. The van der Waals surface area contributed by atoms with Crippen molar-refractivity contribution >= 4 is 44.4 Å². The van der Waals surface area contributed by atoms with Crippen LogP contribution < -0.4 is 14.2 Å². The molecule has 4 aliphatic rings. The van der Waals surface area contributed by atoms with Gasteiger partial charge in [-0.05, 0) is 121 Å². The number of nitrogens with zero attached hydrogens (tertiary/aromatic N) is 2. The Labute approximate surface area is 331 Å². The Bertz CT molecular complexity index is 1970. The number of esters is 1. The molecule has 6 rings (SSSR count). The molecule has 0 spiro atoms. The zero-order valence-corrected chi connectivity index (χ0v) is 34.8. The van der Waals surface area contributed by atoms with Crippen LogP contribution in [-0.4, -0.2) is 77.5 Å². The third-order valence-corrected chi connectivity index (χ3v) is 14.4. The highest BCUT2D eigenvalue weighted by molar-refractivity contribution is 7.91. The molecule has 2 aliphatic carbocycles. The number of amides is 2. The maximum Gasteiger partial charge on any atom is 0.307 e. The molecule has 306 valence electrons. The number of pyridine rings is 1. The summed E-state index contributed by atoms with van der Waals surface area (Å²) >= 11 is 0. The van der Waals surface area contributed by atoms with Crippen molar-refractivity contribution in [1.29, 1.82) is 0 Å². The van der Waals surface area contributed by atoms with Gasteiger partial charge in [-0.15, -0.1) is 0 Å². The van der Waals surface area contributed by atoms with Gasteiger partial charge in [0.1, 0.15) is 17.5 Å². The minimum atomic E-state index is -3.95. The van der Waals surface area contributed by atoms with Gasteiger partial charge in [-0.1, -0.05) is 32.4 Å². The van der Waals surface area contributed by atoms with Crippen molar-refractivity contribution in [1.82, 2.24) is 14.6 Å². The van der Waals surface area contributed by atoms with Crippen LogP contribution in [-0.2, 0) is 33.9 Å². The molecule has 2 saturated carbocycles. The molecule has 12 nitrogen and oxygen atoms in total. The number of sulfonamides is 1. The van der Waals surface area contributed by atoms with Crippen LogP contribution in [0.15, 0.2) is 42.6 Å². The first-order valence-corrected chi connectivity index (χ1v) is 21.8. The van der Waals surface area contributed by atoms with Gasteiger partial charge in [0.25, 0.3) is 0 Å². The average Bonchev–Trinajstić information content (AvgIpc) is 4.00. The van der Waals surface area contributed by atoms with Crippen molar-refractivity contribution < 1.29 is 41.8 Å². The lowest BCUT2D eigenvalue weighted by Gasteiger charge is -2.33. The number of aromatic nitrogens is 1. The Morgan fingerprint density at radius 3 is 2.52 bits per heavy atom. The summed E-state index contributed by atoms with van der Waals surface area (Å²) in [7, 11) is -3.95. The van der Waals surface area contributed by atoms with E-state index in [2.05, 4.69) is 16.6 Å². The van der Waals surface area contributed by atoms with Gasteiger partial charge in [-0.2, -0.15) is 0 Å². The van der Waals surface area contributed by atoms with Gasteiger partial charge in [0.15, 0.2) is 5.78 Å². The SMILES string of the molecule is CCOc1ccc2c(O[C@@H]3C[C@H]4C(=O)C[C@]5(C(=O)NS(=O)(=O)C6(C)CC6)C[C@H]5/C=C\CC[C@H](C)C[C@@H](CC)[C@H](CC(=O)OC(C)(C)C)C(=O)N4C3)nccc2c1. The van der Waals surface area contributed by atoms with E-state index in [0.717, 1.165) is 23.6 Å². The Morgan fingerprint density at radius 2 is 1.84 bits per heavy atom. The number of benzene rings is 1. The van der Waals surface area contributed by atoms with Crippen LogP contribution in [0.5, 0.6) is 11.6 Å². The summed E-state index contributed by atoms with van der Waals surface area (Å²) in [5.41, 5.74) is -2.01. The maximum absolute atomic E-state index is 15.0. The molecule has 1 aromatic carbocycles. The summed E-state index contributed by atoms with van der Waals surface area (Å²) in [6, 6.07) is 6.50. The van der Waals surface area contributed by atoms with Crippen molar-refractivity contribution in [3.8, 4) is 11.6 Å². The van der Waals surface area contributed by atoms with E-state index in [4.69, 9.17) is 14.2 Å². The Hall–Kier alpha value is -4.00. The van der Waals surface area contributed by atoms with Crippen LogP contribution in [0, 0.1) is 29.1 Å². The number of ether oxygens (including phenoxy) is 3. The number of Topliss-reactive ketones (excluding diaryl/α,β-unsaturated/α-hetero) is 1. The quantitative estimate of drug-likeness (QED) is 0.203. The third kappa shape index (κ3) is 9.08. The summed E-state index contributed by atoms with van der Waals surface area (Å²) in [6.45, 7) is 13.7. The number of hydrogen-bond donors (Lipinski definition) is 1. The first kappa shape index (κ1) is 41.6. The van der Waals surface area contributed by atoms with E-state index in [0.29, 0.717) is 50.3 Å². The van der Waals surface area contributed by atoms with E-state index in [9.17, 15) is 22.8 Å². The van der Waals surface area contributed by atoms with E-state index in [-0.39, 0.29) is 55.3 Å². The number of hydrogen-bond acceptors (Lipinski definition) is 10. The highest BCUT2D eigenvalue weighted by Gasteiger charge is 2.62. The standard InChI is InChI=1S/C43H59N3O9S/c1-8-28-20-27(3)12-10-11-13-30-24-43(30,40(50)45-56(51,52)42(7)17-18-42)25-36(47)35-22-32(26-46(35)39(49)34(28)23-37(48)55-41(4,5)6)54-38-33-15-14-31(53-9-2)21-29(33)16-19-44-38/h11,13-16,19,21,27-28,30,32,34-35H,8-10,12,17-18,20,22-26H2,1-7H3,(H,45,50)/b13-11-/t27-,28+,30+,32+,34-,35-,43+/m0/s1. The lowest BCUT2D eigenvalue weighted by molar-refractivity contribution is -0.160. The summed E-state index contributed by atoms with van der Waals surface area (Å²) in [5, 5.41) is 1.60.